The molecule has 0 aromatic heterocycles. The maximum Gasteiger partial charge on any atom is 0.411 e. The van der Waals surface area contributed by atoms with Crippen molar-refractivity contribution in [3.63, 3.8) is 0 Å². The van der Waals surface area contributed by atoms with Crippen molar-refractivity contribution in [1.29, 1.82) is 0 Å². The third-order valence-electron chi connectivity index (χ3n) is 3.87. The molecule has 0 aliphatic rings. The minimum Gasteiger partial charge on any atom is -0.508 e. The van der Waals surface area contributed by atoms with Crippen LogP contribution in [0.25, 0.3) is 0 Å². The van der Waals surface area contributed by atoms with Crippen LogP contribution >= 0.6 is 11.6 Å². The molecule has 0 saturated heterocycles. The summed E-state index contributed by atoms with van der Waals surface area (Å²) in [5.74, 6) is -0.370. The summed E-state index contributed by atoms with van der Waals surface area (Å²) in [4.78, 5) is 0. The standard InChI is InChI=1S/C18H13ClF6O2/c19-10-1-11-27-15-8-4-13(5-9-15)16(17(20,21)22,18(23,24)25)12-2-6-14(26)7-3-12/h1-10,26H,11H2. The van der Waals surface area contributed by atoms with Gasteiger partial charge in [-0.15, -0.1) is 0 Å². The second-order valence-corrected chi connectivity index (χ2v) is 5.74. The number of halogens is 7. The third kappa shape index (κ3) is 4.00. The Balaban J connectivity index is 2.64. The van der Waals surface area contributed by atoms with Gasteiger partial charge in [-0.2, -0.15) is 26.3 Å². The molecule has 0 amide bonds. The quantitative estimate of drug-likeness (QED) is 0.619. The summed E-state index contributed by atoms with van der Waals surface area (Å²) in [7, 11) is 0. The van der Waals surface area contributed by atoms with Crippen molar-refractivity contribution in [2.75, 3.05) is 6.61 Å². The van der Waals surface area contributed by atoms with Crippen molar-refractivity contribution >= 4 is 11.6 Å². The molecule has 0 heterocycles. The molecule has 0 spiro atoms. The lowest BCUT2D eigenvalue weighted by Crippen LogP contribution is -2.54. The van der Waals surface area contributed by atoms with Crippen molar-refractivity contribution in [3.8, 4) is 11.5 Å². The van der Waals surface area contributed by atoms with Gasteiger partial charge in [0.25, 0.3) is 0 Å². The first-order valence-corrected chi connectivity index (χ1v) is 7.89. The Morgan fingerprint density at radius 2 is 1.26 bits per heavy atom. The topological polar surface area (TPSA) is 29.5 Å². The minimum absolute atomic E-state index is 0.00446. The molecule has 0 unspecified atom stereocenters. The molecule has 2 aromatic carbocycles. The summed E-state index contributed by atoms with van der Waals surface area (Å²) in [6, 6.07) is 6.22. The Bertz CT molecular complexity index is 765. The molecular weight excluding hydrogens is 398 g/mol. The van der Waals surface area contributed by atoms with Crippen LogP contribution in [0.1, 0.15) is 11.1 Å². The van der Waals surface area contributed by atoms with Crippen LogP contribution in [0.2, 0.25) is 0 Å². The molecule has 1 N–H and O–H groups in total. The van der Waals surface area contributed by atoms with Crippen LogP contribution in [0.3, 0.4) is 0 Å². The molecular formula is C18H13ClF6O2. The van der Waals surface area contributed by atoms with Crippen LogP contribution in [-0.4, -0.2) is 24.1 Å². The van der Waals surface area contributed by atoms with Crippen molar-refractivity contribution < 1.29 is 36.2 Å². The van der Waals surface area contributed by atoms with Gasteiger partial charge in [-0.3, -0.25) is 0 Å². The van der Waals surface area contributed by atoms with Crippen molar-refractivity contribution in [3.05, 3.63) is 71.3 Å². The number of benzene rings is 2. The Morgan fingerprint density at radius 3 is 1.67 bits per heavy atom. The summed E-state index contributed by atoms with van der Waals surface area (Å²) >= 11 is 5.30. The first kappa shape index (κ1) is 21.0. The molecule has 0 bridgehead atoms. The predicted octanol–water partition coefficient (Wildman–Crippen LogP) is 5.93. The van der Waals surface area contributed by atoms with Crippen molar-refractivity contribution in [1.82, 2.24) is 0 Å². The number of phenolic OH excluding ortho intramolecular Hbond substituents is 1. The number of alkyl halides is 6. The lowest BCUT2D eigenvalue weighted by molar-refractivity contribution is -0.288. The van der Waals surface area contributed by atoms with E-state index in [9.17, 15) is 31.4 Å². The average molecular weight is 411 g/mol. The van der Waals surface area contributed by atoms with E-state index < -0.39 is 34.6 Å². The van der Waals surface area contributed by atoms with E-state index in [4.69, 9.17) is 16.3 Å². The zero-order chi connectivity index (χ0) is 20.3. The van der Waals surface area contributed by atoms with E-state index in [1.165, 1.54) is 6.08 Å². The molecule has 0 aliphatic carbocycles. The maximum absolute atomic E-state index is 13.9. The van der Waals surface area contributed by atoms with Gasteiger partial charge in [-0.25, -0.2) is 0 Å². The zero-order valence-electron chi connectivity index (χ0n) is 13.5. The highest BCUT2D eigenvalue weighted by Gasteiger charge is 2.72. The van der Waals surface area contributed by atoms with Gasteiger partial charge in [0.2, 0.25) is 5.41 Å². The Labute approximate surface area is 155 Å². The van der Waals surface area contributed by atoms with Crippen LogP contribution in [0.15, 0.2) is 60.1 Å². The third-order valence-corrected chi connectivity index (χ3v) is 4.05. The second-order valence-electron chi connectivity index (χ2n) is 5.49. The Morgan fingerprint density at radius 1 is 0.815 bits per heavy atom. The highest BCUT2D eigenvalue weighted by Crippen LogP contribution is 2.56. The molecule has 0 aliphatic heterocycles. The van der Waals surface area contributed by atoms with E-state index in [2.05, 4.69) is 0 Å². The number of rotatable bonds is 5. The summed E-state index contributed by atoms with van der Waals surface area (Å²) in [6.07, 6.45) is -9.97. The highest BCUT2D eigenvalue weighted by molar-refractivity contribution is 6.25. The molecule has 0 saturated carbocycles. The van der Waals surface area contributed by atoms with Crippen molar-refractivity contribution in [2.45, 2.75) is 17.8 Å². The van der Waals surface area contributed by atoms with Gasteiger partial charge in [0.1, 0.15) is 18.1 Å². The smallest absolute Gasteiger partial charge is 0.411 e. The Hall–Kier alpha value is -2.35. The van der Waals surface area contributed by atoms with Crippen LogP contribution in [0.5, 0.6) is 11.5 Å². The first-order chi connectivity index (χ1) is 12.5. The van der Waals surface area contributed by atoms with Gasteiger partial charge in [0.15, 0.2) is 0 Å². The number of phenols is 1. The van der Waals surface area contributed by atoms with E-state index in [-0.39, 0.29) is 12.4 Å². The van der Waals surface area contributed by atoms with Crippen LogP contribution in [0, 0.1) is 0 Å². The number of hydrogen-bond donors (Lipinski definition) is 1. The maximum atomic E-state index is 13.9. The molecule has 2 aromatic rings. The summed E-state index contributed by atoms with van der Waals surface area (Å²) < 4.78 is 88.3. The predicted molar refractivity (Wildman–Crippen MR) is 87.9 cm³/mol. The van der Waals surface area contributed by atoms with E-state index >= 15 is 0 Å². The molecule has 2 nitrogen and oxygen atoms in total. The molecule has 0 radical (unpaired) electrons. The molecule has 2 rings (SSSR count). The molecule has 146 valence electrons. The van der Waals surface area contributed by atoms with Crippen molar-refractivity contribution in [2.24, 2.45) is 0 Å². The summed E-state index contributed by atoms with van der Waals surface area (Å²) in [5, 5.41) is 9.24. The fourth-order valence-corrected chi connectivity index (χ4v) is 2.75. The van der Waals surface area contributed by atoms with Gasteiger partial charge in [0.05, 0.1) is 0 Å². The van der Waals surface area contributed by atoms with Gasteiger partial charge in [-0.05, 0) is 41.5 Å². The number of hydrogen-bond acceptors (Lipinski definition) is 2. The summed E-state index contributed by atoms with van der Waals surface area (Å²) in [5.41, 5.74) is -5.17. The Kier molecular flexibility index (Phi) is 5.99. The average Bonchev–Trinajstić information content (AvgIpc) is 2.56. The molecule has 0 fully saturated rings. The lowest BCUT2D eigenvalue weighted by atomic mass is 9.73. The van der Waals surface area contributed by atoms with E-state index in [0.717, 1.165) is 29.8 Å². The normalized spacial score (nSPS) is 13.1. The minimum atomic E-state index is -5.69. The number of ether oxygens (including phenoxy) is 1. The van der Waals surface area contributed by atoms with Crippen LogP contribution < -0.4 is 4.74 Å². The fourth-order valence-electron chi connectivity index (χ4n) is 2.68. The van der Waals surface area contributed by atoms with E-state index in [1.54, 1.807) is 0 Å². The SMILES string of the molecule is Oc1ccc(C(c2ccc(OCC=CCl)cc2)(C(F)(F)F)C(F)(F)F)cc1. The first-order valence-electron chi connectivity index (χ1n) is 7.45. The van der Waals surface area contributed by atoms with Gasteiger partial charge < -0.3 is 9.84 Å². The zero-order valence-corrected chi connectivity index (χ0v) is 14.2. The van der Waals surface area contributed by atoms with Crippen LogP contribution in [0.4, 0.5) is 26.3 Å². The van der Waals surface area contributed by atoms with Gasteiger partial charge in [0, 0.05) is 5.54 Å². The lowest BCUT2D eigenvalue weighted by Gasteiger charge is -2.38. The number of aromatic hydroxyl groups is 1. The molecule has 27 heavy (non-hydrogen) atoms. The highest BCUT2D eigenvalue weighted by atomic mass is 35.5. The van der Waals surface area contributed by atoms with E-state index in [1.807, 2.05) is 0 Å². The largest absolute Gasteiger partial charge is 0.508 e. The van der Waals surface area contributed by atoms with Crippen LogP contribution in [-0.2, 0) is 5.41 Å². The van der Waals surface area contributed by atoms with Gasteiger partial charge >= 0.3 is 12.4 Å². The second kappa shape index (κ2) is 7.72. The summed E-state index contributed by atoms with van der Waals surface area (Å²) in [6.45, 7) is 0.00446. The monoisotopic (exact) mass is 410 g/mol. The fraction of sp³-hybridized carbons (Fsp3) is 0.222. The van der Waals surface area contributed by atoms with E-state index in [0.29, 0.717) is 24.3 Å². The molecule has 9 heteroatoms. The molecule has 0 atom stereocenters. The van der Waals surface area contributed by atoms with Gasteiger partial charge in [-0.1, -0.05) is 35.9 Å².